The standard InChI is InChI=1S/C15H16ClN3/c1-10-3-6-12(7-4-10)19(2)14-9-11(16)5-8-13(14)15(17)18/h3-9H,1-2H3,(H3,17,18). The molecule has 0 aliphatic heterocycles. The summed E-state index contributed by atoms with van der Waals surface area (Å²) in [6.07, 6.45) is 0. The first kappa shape index (κ1) is 13.4. The molecule has 0 heterocycles. The van der Waals surface area contributed by atoms with Gasteiger partial charge in [0.15, 0.2) is 0 Å². The molecule has 0 atom stereocenters. The topological polar surface area (TPSA) is 53.1 Å². The fraction of sp³-hybridized carbons (Fsp3) is 0.133. The van der Waals surface area contributed by atoms with Crippen molar-refractivity contribution in [2.45, 2.75) is 6.92 Å². The van der Waals surface area contributed by atoms with Gasteiger partial charge in [-0.1, -0.05) is 29.3 Å². The SMILES string of the molecule is Cc1ccc(N(C)c2cc(Cl)ccc2C(=N)N)cc1. The normalized spacial score (nSPS) is 10.3. The summed E-state index contributed by atoms with van der Waals surface area (Å²) in [5.74, 6) is 0.0330. The number of nitrogens with zero attached hydrogens (tertiary/aromatic N) is 1. The van der Waals surface area contributed by atoms with E-state index in [-0.39, 0.29) is 5.84 Å². The highest BCUT2D eigenvalue weighted by molar-refractivity contribution is 6.31. The van der Waals surface area contributed by atoms with E-state index >= 15 is 0 Å². The van der Waals surface area contributed by atoms with Crippen molar-refractivity contribution in [3.05, 3.63) is 58.6 Å². The molecule has 3 nitrogen and oxygen atoms in total. The molecular formula is C15H16ClN3. The van der Waals surface area contributed by atoms with Crippen molar-refractivity contribution in [2.24, 2.45) is 5.73 Å². The molecule has 0 amide bonds. The number of amidine groups is 1. The Labute approximate surface area is 118 Å². The van der Waals surface area contributed by atoms with Gasteiger partial charge in [-0.15, -0.1) is 0 Å². The zero-order valence-corrected chi connectivity index (χ0v) is 11.7. The van der Waals surface area contributed by atoms with Gasteiger partial charge in [0.2, 0.25) is 0 Å². The van der Waals surface area contributed by atoms with Crippen LogP contribution in [0.2, 0.25) is 5.02 Å². The van der Waals surface area contributed by atoms with Crippen LogP contribution >= 0.6 is 11.6 Å². The Morgan fingerprint density at radius 2 is 1.79 bits per heavy atom. The second kappa shape index (κ2) is 5.33. The van der Waals surface area contributed by atoms with E-state index in [9.17, 15) is 0 Å². The molecular weight excluding hydrogens is 258 g/mol. The van der Waals surface area contributed by atoms with E-state index in [2.05, 4.69) is 0 Å². The fourth-order valence-electron chi connectivity index (χ4n) is 1.92. The Balaban J connectivity index is 2.48. The van der Waals surface area contributed by atoms with Crippen LogP contribution in [0.25, 0.3) is 0 Å². The maximum atomic E-state index is 7.64. The Hall–Kier alpha value is -2.00. The number of nitrogens with two attached hydrogens (primary N) is 1. The van der Waals surface area contributed by atoms with E-state index in [1.54, 1.807) is 12.1 Å². The van der Waals surface area contributed by atoms with Crippen LogP contribution in [0.3, 0.4) is 0 Å². The minimum Gasteiger partial charge on any atom is -0.384 e. The molecule has 0 aliphatic rings. The summed E-state index contributed by atoms with van der Waals surface area (Å²) in [5, 5.41) is 8.27. The van der Waals surface area contributed by atoms with Gasteiger partial charge in [0.25, 0.3) is 0 Å². The molecule has 0 spiro atoms. The molecule has 0 saturated heterocycles. The summed E-state index contributed by atoms with van der Waals surface area (Å²) >= 11 is 6.04. The van der Waals surface area contributed by atoms with E-state index < -0.39 is 0 Å². The summed E-state index contributed by atoms with van der Waals surface area (Å²) < 4.78 is 0. The summed E-state index contributed by atoms with van der Waals surface area (Å²) in [4.78, 5) is 1.97. The maximum Gasteiger partial charge on any atom is 0.124 e. The first-order chi connectivity index (χ1) is 8.99. The van der Waals surface area contributed by atoms with E-state index in [4.69, 9.17) is 22.7 Å². The first-order valence-electron chi connectivity index (χ1n) is 5.93. The van der Waals surface area contributed by atoms with Crippen LogP contribution in [0.1, 0.15) is 11.1 Å². The predicted molar refractivity (Wildman–Crippen MR) is 81.7 cm³/mol. The van der Waals surface area contributed by atoms with Gasteiger partial charge in [-0.05, 0) is 37.3 Å². The summed E-state index contributed by atoms with van der Waals surface area (Å²) in [6, 6.07) is 13.5. The van der Waals surface area contributed by atoms with Crippen LogP contribution in [0, 0.1) is 12.3 Å². The Morgan fingerprint density at radius 3 is 2.37 bits per heavy atom. The number of aryl methyl sites for hydroxylation is 1. The van der Waals surface area contributed by atoms with Crippen LogP contribution in [0.5, 0.6) is 0 Å². The quantitative estimate of drug-likeness (QED) is 0.662. The third-order valence-electron chi connectivity index (χ3n) is 3.03. The van der Waals surface area contributed by atoms with Gasteiger partial charge in [0, 0.05) is 23.3 Å². The van der Waals surface area contributed by atoms with Crippen LogP contribution in [-0.2, 0) is 0 Å². The highest BCUT2D eigenvalue weighted by Crippen LogP contribution is 2.29. The maximum absolute atomic E-state index is 7.64. The average molecular weight is 274 g/mol. The first-order valence-corrected chi connectivity index (χ1v) is 6.31. The van der Waals surface area contributed by atoms with Crippen LogP contribution in [0.4, 0.5) is 11.4 Å². The Morgan fingerprint density at radius 1 is 1.16 bits per heavy atom. The second-order valence-corrected chi connectivity index (χ2v) is 4.91. The molecule has 0 aromatic heterocycles. The third-order valence-corrected chi connectivity index (χ3v) is 3.27. The number of nitrogen functional groups attached to an aromatic ring is 1. The summed E-state index contributed by atoms with van der Waals surface area (Å²) in [6.45, 7) is 2.05. The van der Waals surface area contributed by atoms with Crippen molar-refractivity contribution in [3.63, 3.8) is 0 Å². The number of rotatable bonds is 3. The lowest BCUT2D eigenvalue weighted by Gasteiger charge is -2.22. The fourth-order valence-corrected chi connectivity index (χ4v) is 2.08. The molecule has 0 saturated carbocycles. The number of benzene rings is 2. The molecule has 19 heavy (non-hydrogen) atoms. The minimum atomic E-state index is 0.0330. The van der Waals surface area contributed by atoms with Gasteiger partial charge in [-0.3, -0.25) is 5.41 Å². The molecule has 98 valence electrons. The monoisotopic (exact) mass is 273 g/mol. The van der Waals surface area contributed by atoms with Crippen molar-refractivity contribution in [1.29, 1.82) is 5.41 Å². The smallest absolute Gasteiger partial charge is 0.124 e. The van der Waals surface area contributed by atoms with E-state index in [0.717, 1.165) is 11.4 Å². The number of hydrogen-bond acceptors (Lipinski definition) is 2. The zero-order chi connectivity index (χ0) is 14.0. The van der Waals surface area contributed by atoms with Crippen molar-refractivity contribution >= 4 is 28.8 Å². The highest BCUT2D eigenvalue weighted by Gasteiger charge is 2.12. The Bertz CT molecular complexity index is 605. The molecule has 3 N–H and O–H groups in total. The molecule has 0 bridgehead atoms. The molecule has 2 aromatic carbocycles. The molecule has 0 fully saturated rings. The zero-order valence-electron chi connectivity index (χ0n) is 10.9. The van der Waals surface area contributed by atoms with E-state index in [1.165, 1.54) is 5.56 Å². The number of hydrogen-bond donors (Lipinski definition) is 2. The lowest BCUT2D eigenvalue weighted by molar-refractivity contribution is 1.19. The van der Waals surface area contributed by atoms with Gasteiger partial charge >= 0.3 is 0 Å². The molecule has 2 rings (SSSR count). The van der Waals surface area contributed by atoms with Crippen LogP contribution in [0.15, 0.2) is 42.5 Å². The lowest BCUT2D eigenvalue weighted by Crippen LogP contribution is -2.18. The van der Waals surface area contributed by atoms with Gasteiger partial charge in [0.05, 0.1) is 5.69 Å². The molecule has 4 heteroatoms. The number of nitrogens with one attached hydrogen (secondary N) is 1. The van der Waals surface area contributed by atoms with Crippen molar-refractivity contribution in [2.75, 3.05) is 11.9 Å². The molecule has 0 aliphatic carbocycles. The predicted octanol–water partition coefficient (Wildman–Crippen LogP) is 3.70. The van der Waals surface area contributed by atoms with Gasteiger partial charge in [0.1, 0.15) is 5.84 Å². The lowest BCUT2D eigenvalue weighted by atomic mass is 10.1. The van der Waals surface area contributed by atoms with Crippen LogP contribution < -0.4 is 10.6 Å². The summed E-state index contributed by atoms with van der Waals surface area (Å²) in [5.41, 5.74) is 9.34. The van der Waals surface area contributed by atoms with Gasteiger partial charge in [-0.25, -0.2) is 0 Å². The molecule has 0 radical (unpaired) electrons. The number of halogens is 1. The molecule has 2 aromatic rings. The van der Waals surface area contributed by atoms with Crippen LogP contribution in [-0.4, -0.2) is 12.9 Å². The van der Waals surface area contributed by atoms with Crippen molar-refractivity contribution in [1.82, 2.24) is 0 Å². The highest BCUT2D eigenvalue weighted by atomic mass is 35.5. The Kier molecular flexibility index (Phi) is 3.76. The van der Waals surface area contributed by atoms with E-state index in [1.807, 2.05) is 49.2 Å². The van der Waals surface area contributed by atoms with Gasteiger partial charge in [-0.2, -0.15) is 0 Å². The van der Waals surface area contributed by atoms with Crippen molar-refractivity contribution < 1.29 is 0 Å². The largest absolute Gasteiger partial charge is 0.384 e. The van der Waals surface area contributed by atoms with E-state index in [0.29, 0.717) is 10.6 Å². The summed E-state index contributed by atoms with van der Waals surface area (Å²) in [7, 11) is 1.93. The third kappa shape index (κ3) is 2.88. The van der Waals surface area contributed by atoms with Crippen molar-refractivity contribution in [3.8, 4) is 0 Å². The second-order valence-electron chi connectivity index (χ2n) is 4.47. The number of anilines is 2. The van der Waals surface area contributed by atoms with Gasteiger partial charge < -0.3 is 10.6 Å². The minimum absolute atomic E-state index is 0.0330. The average Bonchev–Trinajstić information content (AvgIpc) is 2.38. The molecule has 0 unspecified atom stereocenters.